The minimum absolute atomic E-state index is 0.0269. The number of hydrogen-bond donors (Lipinski definition) is 1. The number of halogens is 1. The fourth-order valence-corrected chi connectivity index (χ4v) is 5.48. The van der Waals surface area contributed by atoms with Gasteiger partial charge in [0.05, 0.1) is 6.17 Å². The van der Waals surface area contributed by atoms with Crippen molar-refractivity contribution in [2.45, 2.75) is 94.8 Å². The molecule has 3 rings (SSSR count). The molecule has 0 bridgehead atoms. The van der Waals surface area contributed by atoms with Gasteiger partial charge in [-0.3, -0.25) is 14.5 Å². The maximum Gasteiger partial charge on any atom is 0.277 e. The first-order valence-corrected chi connectivity index (χ1v) is 15.5. The van der Waals surface area contributed by atoms with Crippen LogP contribution >= 0.6 is 11.8 Å². The Hall–Kier alpha value is -3.11. The third-order valence-corrected chi connectivity index (χ3v) is 7.98. The number of nitrogens with zero attached hydrogens (tertiary/aromatic N) is 5. The third kappa shape index (κ3) is 11.7. The quantitative estimate of drug-likeness (QED) is 0.0905. The normalized spacial score (nSPS) is 12.0. The molecule has 0 aliphatic heterocycles. The van der Waals surface area contributed by atoms with Crippen LogP contribution in [0.2, 0.25) is 0 Å². The van der Waals surface area contributed by atoms with E-state index in [9.17, 15) is 14.0 Å². The largest absolute Gasteiger partial charge is 0.339 e. The zero-order valence-electron chi connectivity index (χ0n) is 24.5. The van der Waals surface area contributed by atoms with Crippen molar-refractivity contribution >= 4 is 17.7 Å². The van der Waals surface area contributed by atoms with Crippen molar-refractivity contribution in [2.24, 2.45) is 0 Å². The molecule has 0 spiro atoms. The first-order chi connectivity index (χ1) is 19.9. The molecule has 1 N–H and O–H groups in total. The van der Waals surface area contributed by atoms with E-state index < -0.39 is 0 Å². The lowest BCUT2D eigenvalue weighted by Crippen LogP contribution is -2.46. The molecule has 1 aromatic carbocycles. The second kappa shape index (κ2) is 17.6. The molecule has 2 heterocycles. The summed E-state index contributed by atoms with van der Waals surface area (Å²) in [5.41, 5.74) is 1.78. The minimum atomic E-state index is -0.354. The zero-order valence-corrected chi connectivity index (χ0v) is 25.3. The number of rotatable bonds is 18. The summed E-state index contributed by atoms with van der Waals surface area (Å²) in [6, 6.07) is 6.22. The van der Waals surface area contributed by atoms with Crippen molar-refractivity contribution in [3.8, 4) is 0 Å². The van der Waals surface area contributed by atoms with Gasteiger partial charge in [-0.1, -0.05) is 82.2 Å². The van der Waals surface area contributed by atoms with Gasteiger partial charge in [-0.2, -0.15) is 4.98 Å². The number of hydrogen-bond acceptors (Lipinski definition) is 7. The van der Waals surface area contributed by atoms with Gasteiger partial charge < -0.3 is 9.88 Å². The average Bonchev–Trinajstić information content (AvgIpc) is 2.96. The van der Waals surface area contributed by atoms with E-state index in [2.05, 4.69) is 27.2 Å². The summed E-state index contributed by atoms with van der Waals surface area (Å²) in [4.78, 5) is 40.6. The Morgan fingerprint density at radius 1 is 1.00 bits per heavy atom. The minimum Gasteiger partial charge on any atom is -0.339 e. The van der Waals surface area contributed by atoms with Crippen molar-refractivity contribution in [1.29, 1.82) is 0 Å². The second-order valence-electron chi connectivity index (χ2n) is 10.6. The molecule has 2 aromatic heterocycles. The maximum atomic E-state index is 13.3. The Bertz CT molecular complexity index is 1250. The Labute approximate surface area is 247 Å². The highest BCUT2D eigenvalue weighted by molar-refractivity contribution is 7.98. The standard InChI is InChI=1S/C31H43FN6O2S/c1-4-5-6-7-8-9-10-11-12-28(37(2)3)35-29(39)21-38-20-26(17-25-18-33-23-34-19-25)30(40)36-31(38)41-22-24-13-15-27(32)16-14-24/h13-16,18-20,23,28H,4-12,17,21-22H2,1-3H3,(H,35,39). The average molecular weight is 583 g/mol. The third-order valence-electron chi connectivity index (χ3n) is 6.92. The van der Waals surface area contributed by atoms with E-state index in [0.29, 0.717) is 22.9 Å². The van der Waals surface area contributed by atoms with Crippen molar-refractivity contribution in [2.75, 3.05) is 14.1 Å². The van der Waals surface area contributed by atoms with E-state index in [1.807, 2.05) is 19.0 Å². The van der Waals surface area contributed by atoms with Gasteiger partial charge in [0.15, 0.2) is 5.16 Å². The summed E-state index contributed by atoms with van der Waals surface area (Å²) in [5.74, 6) is 0.0346. The predicted molar refractivity (Wildman–Crippen MR) is 162 cm³/mol. The molecule has 3 aromatic rings. The molecule has 1 atom stereocenters. The molecule has 222 valence electrons. The number of aromatic nitrogens is 4. The van der Waals surface area contributed by atoms with Crippen molar-refractivity contribution in [3.63, 3.8) is 0 Å². The molecule has 10 heteroatoms. The highest BCUT2D eigenvalue weighted by atomic mass is 32.2. The lowest BCUT2D eigenvalue weighted by atomic mass is 10.1. The SMILES string of the molecule is CCCCCCCCCCC(NC(=O)Cn1cc(Cc2cncnc2)c(=O)nc1SCc1ccc(F)cc1)N(C)C. The van der Waals surface area contributed by atoms with E-state index in [-0.39, 0.29) is 30.0 Å². The monoisotopic (exact) mass is 582 g/mol. The molecule has 0 saturated heterocycles. The smallest absolute Gasteiger partial charge is 0.277 e. The molecule has 0 saturated carbocycles. The van der Waals surface area contributed by atoms with E-state index in [0.717, 1.165) is 30.4 Å². The second-order valence-corrected chi connectivity index (χ2v) is 11.6. The van der Waals surface area contributed by atoms with Gasteiger partial charge in [0, 0.05) is 36.3 Å². The Kier molecular flexibility index (Phi) is 13.9. The molecule has 0 radical (unpaired) electrons. The highest BCUT2D eigenvalue weighted by Gasteiger charge is 2.17. The Morgan fingerprint density at radius 3 is 2.32 bits per heavy atom. The number of thioether (sulfide) groups is 1. The van der Waals surface area contributed by atoms with Crippen LogP contribution in [0.3, 0.4) is 0 Å². The number of unbranched alkanes of at least 4 members (excludes halogenated alkanes) is 7. The van der Waals surface area contributed by atoms with E-state index >= 15 is 0 Å². The van der Waals surface area contributed by atoms with Crippen LogP contribution in [0.15, 0.2) is 59.1 Å². The van der Waals surface area contributed by atoms with Crippen LogP contribution in [-0.2, 0) is 23.5 Å². The van der Waals surface area contributed by atoms with Gasteiger partial charge in [0.1, 0.15) is 18.7 Å². The molecule has 1 unspecified atom stereocenters. The zero-order chi connectivity index (χ0) is 29.5. The van der Waals surface area contributed by atoms with E-state index in [4.69, 9.17) is 0 Å². The van der Waals surface area contributed by atoms with Crippen molar-refractivity contribution in [1.82, 2.24) is 29.7 Å². The number of carbonyl (C=O) groups excluding carboxylic acids is 1. The van der Waals surface area contributed by atoms with Gasteiger partial charge in [-0.25, -0.2) is 14.4 Å². The van der Waals surface area contributed by atoms with Gasteiger partial charge in [0.2, 0.25) is 5.91 Å². The van der Waals surface area contributed by atoms with Crippen LogP contribution in [0.1, 0.15) is 81.4 Å². The van der Waals surface area contributed by atoms with Crippen LogP contribution in [0.25, 0.3) is 0 Å². The summed E-state index contributed by atoms with van der Waals surface area (Å²) >= 11 is 1.34. The predicted octanol–water partition coefficient (Wildman–Crippen LogP) is 5.59. The molecule has 0 aliphatic rings. The van der Waals surface area contributed by atoms with Crippen molar-refractivity contribution < 1.29 is 9.18 Å². The summed E-state index contributed by atoms with van der Waals surface area (Å²) in [6.07, 6.45) is 17.5. The van der Waals surface area contributed by atoms with Crippen LogP contribution in [0, 0.1) is 5.82 Å². The van der Waals surface area contributed by atoms with Crippen LogP contribution in [0.4, 0.5) is 4.39 Å². The first kappa shape index (κ1) is 32.4. The number of amides is 1. The first-order valence-electron chi connectivity index (χ1n) is 14.5. The highest BCUT2D eigenvalue weighted by Crippen LogP contribution is 2.21. The van der Waals surface area contributed by atoms with Gasteiger partial charge in [-0.15, -0.1) is 0 Å². The number of carbonyl (C=O) groups is 1. The summed E-state index contributed by atoms with van der Waals surface area (Å²) < 4.78 is 15.1. The van der Waals surface area contributed by atoms with Crippen LogP contribution < -0.4 is 10.9 Å². The molecule has 8 nitrogen and oxygen atoms in total. The van der Waals surface area contributed by atoms with Crippen molar-refractivity contribution in [3.05, 3.63) is 82.0 Å². The van der Waals surface area contributed by atoms with Gasteiger partial charge in [-0.05, 0) is 43.8 Å². The number of nitrogens with one attached hydrogen (secondary N) is 1. The molecule has 41 heavy (non-hydrogen) atoms. The van der Waals surface area contributed by atoms with E-state index in [1.54, 1.807) is 35.3 Å². The van der Waals surface area contributed by atoms with Gasteiger partial charge >= 0.3 is 0 Å². The molecule has 0 fully saturated rings. The summed E-state index contributed by atoms with van der Waals surface area (Å²) in [6.45, 7) is 2.26. The molecular formula is C31H43FN6O2S. The summed E-state index contributed by atoms with van der Waals surface area (Å²) in [7, 11) is 3.95. The topological polar surface area (TPSA) is 93.0 Å². The summed E-state index contributed by atoms with van der Waals surface area (Å²) in [5, 5.41) is 3.60. The Morgan fingerprint density at radius 2 is 1.66 bits per heavy atom. The number of benzene rings is 1. The fourth-order valence-electron chi connectivity index (χ4n) is 4.56. The lowest BCUT2D eigenvalue weighted by molar-refractivity contribution is -0.123. The van der Waals surface area contributed by atoms with Gasteiger partial charge in [0.25, 0.3) is 5.56 Å². The molecule has 1 amide bonds. The van der Waals surface area contributed by atoms with Crippen LogP contribution in [-0.4, -0.2) is 50.6 Å². The fraction of sp³-hybridized carbons (Fsp3) is 0.516. The van der Waals surface area contributed by atoms with E-state index in [1.165, 1.54) is 68.7 Å². The Balaban J connectivity index is 1.67. The molecular weight excluding hydrogens is 539 g/mol. The maximum absolute atomic E-state index is 13.3. The molecule has 0 aliphatic carbocycles. The lowest BCUT2D eigenvalue weighted by Gasteiger charge is -2.26. The van der Waals surface area contributed by atoms with Crippen LogP contribution in [0.5, 0.6) is 0 Å².